The molecule has 5 heteroatoms. The summed E-state index contributed by atoms with van der Waals surface area (Å²) in [7, 11) is 0. The fourth-order valence-corrected chi connectivity index (χ4v) is 10.8. The quantitative estimate of drug-likeness (QED) is 0.174. The minimum atomic E-state index is 0.704. The van der Waals surface area contributed by atoms with Crippen molar-refractivity contribution < 1.29 is 0 Å². The fraction of sp³-hybridized carbons (Fsp3) is 0. The van der Waals surface area contributed by atoms with E-state index < -0.39 is 0 Å². The highest BCUT2D eigenvalue weighted by Crippen LogP contribution is 2.43. The van der Waals surface area contributed by atoms with E-state index in [9.17, 15) is 0 Å². The molecule has 0 unspecified atom stereocenters. The second kappa shape index (κ2) is 13.3. The molecule has 0 aliphatic rings. The van der Waals surface area contributed by atoms with Crippen molar-refractivity contribution >= 4 is 86.0 Å². The van der Waals surface area contributed by atoms with Crippen molar-refractivity contribution in [1.29, 1.82) is 0 Å². The molecule has 284 valence electrons. The first kappa shape index (κ1) is 34.0. The normalized spacial score (nSPS) is 11.9. The molecule has 0 bridgehead atoms. The van der Waals surface area contributed by atoms with Gasteiger partial charge in [0.1, 0.15) is 0 Å². The lowest BCUT2D eigenvalue weighted by molar-refractivity contribution is 1.17. The van der Waals surface area contributed by atoms with Crippen LogP contribution >= 0.6 is 11.3 Å². The van der Waals surface area contributed by atoms with Crippen molar-refractivity contribution in [3.8, 4) is 45.1 Å². The van der Waals surface area contributed by atoms with Crippen molar-refractivity contribution in [2.75, 3.05) is 0 Å². The Morgan fingerprint density at radius 1 is 0.361 bits per heavy atom. The van der Waals surface area contributed by atoms with Crippen LogP contribution < -0.4 is 0 Å². The predicted molar refractivity (Wildman–Crippen MR) is 257 cm³/mol. The van der Waals surface area contributed by atoms with Gasteiger partial charge in [0.05, 0.1) is 33.3 Å². The number of rotatable bonds is 5. The van der Waals surface area contributed by atoms with Crippen molar-refractivity contribution in [3.63, 3.8) is 0 Å². The molecule has 0 atom stereocenters. The zero-order valence-corrected chi connectivity index (χ0v) is 33.6. The second-order valence-electron chi connectivity index (χ2n) is 15.7. The van der Waals surface area contributed by atoms with E-state index >= 15 is 0 Å². The number of fused-ring (bicyclic) bond motifs is 11. The molecule has 0 saturated carbocycles. The Bertz CT molecular complexity index is 3860. The molecular formula is C56H34N4S. The molecular weight excluding hydrogens is 761 g/mol. The maximum Gasteiger partial charge on any atom is 0.160 e. The third kappa shape index (κ3) is 5.18. The third-order valence-electron chi connectivity index (χ3n) is 12.3. The van der Waals surface area contributed by atoms with Gasteiger partial charge in [0.15, 0.2) is 5.82 Å². The van der Waals surface area contributed by atoms with Gasteiger partial charge in [-0.2, -0.15) is 0 Å². The van der Waals surface area contributed by atoms with Crippen molar-refractivity contribution in [2.24, 2.45) is 0 Å². The Morgan fingerprint density at radius 3 is 1.80 bits per heavy atom. The Morgan fingerprint density at radius 2 is 0.984 bits per heavy atom. The van der Waals surface area contributed by atoms with Gasteiger partial charge in [-0.15, -0.1) is 11.3 Å². The van der Waals surface area contributed by atoms with Crippen LogP contribution in [-0.4, -0.2) is 19.1 Å². The van der Waals surface area contributed by atoms with Crippen LogP contribution in [0.2, 0.25) is 0 Å². The molecule has 13 aromatic rings. The van der Waals surface area contributed by atoms with Gasteiger partial charge in [0.2, 0.25) is 0 Å². The summed E-state index contributed by atoms with van der Waals surface area (Å²) in [5.74, 6) is 0.704. The molecule has 4 nitrogen and oxygen atoms in total. The van der Waals surface area contributed by atoms with Crippen LogP contribution in [0.5, 0.6) is 0 Å². The summed E-state index contributed by atoms with van der Waals surface area (Å²) in [5.41, 5.74) is 13.3. The van der Waals surface area contributed by atoms with E-state index in [0.29, 0.717) is 5.82 Å². The summed E-state index contributed by atoms with van der Waals surface area (Å²) in [6, 6.07) is 74.1. The van der Waals surface area contributed by atoms with Crippen LogP contribution in [0.4, 0.5) is 0 Å². The van der Waals surface area contributed by atoms with Gasteiger partial charge in [-0.1, -0.05) is 140 Å². The molecule has 13 rings (SSSR count). The summed E-state index contributed by atoms with van der Waals surface area (Å²) < 4.78 is 7.46. The highest BCUT2D eigenvalue weighted by molar-refractivity contribution is 7.26. The number of hydrogen-bond acceptors (Lipinski definition) is 3. The van der Waals surface area contributed by atoms with Gasteiger partial charge in [-0.05, 0) is 77.9 Å². The first-order chi connectivity index (χ1) is 30.3. The predicted octanol–water partition coefficient (Wildman–Crippen LogP) is 15.2. The van der Waals surface area contributed by atoms with Crippen LogP contribution in [0.25, 0.3) is 120 Å². The maximum atomic E-state index is 5.30. The standard InChI is InChI=1S/C56H34N4S/c1-2-13-38(14-3-1)59-49-23-10-6-18-46(49)52-50(59)34-33-43-41-15-5-9-22-48(41)60(54(43)52)39-31-29-37(30-32-39)56-57-47-21-8-4-17-45(47)53(58-56)36-27-25-35(26-28-36)40-19-12-20-44-42-16-7-11-24-51(42)61-55(40)44/h1-34H. The monoisotopic (exact) mass is 794 g/mol. The number of aromatic nitrogens is 4. The van der Waals surface area contributed by atoms with E-state index in [1.807, 2.05) is 11.3 Å². The molecule has 4 aromatic heterocycles. The zero-order chi connectivity index (χ0) is 40.0. The molecule has 0 N–H and O–H groups in total. The van der Waals surface area contributed by atoms with Gasteiger partial charge in [0.25, 0.3) is 0 Å². The maximum absolute atomic E-state index is 5.30. The Kier molecular flexibility index (Phi) is 7.44. The van der Waals surface area contributed by atoms with E-state index in [1.54, 1.807) is 0 Å². The summed E-state index contributed by atoms with van der Waals surface area (Å²) in [6.45, 7) is 0. The highest BCUT2D eigenvalue weighted by atomic mass is 32.1. The minimum Gasteiger partial charge on any atom is -0.309 e. The van der Waals surface area contributed by atoms with Gasteiger partial charge in [0, 0.05) is 69.6 Å². The molecule has 0 spiro atoms. The smallest absolute Gasteiger partial charge is 0.160 e. The first-order valence-electron chi connectivity index (χ1n) is 20.7. The fourth-order valence-electron chi connectivity index (χ4n) is 9.60. The number of hydrogen-bond donors (Lipinski definition) is 0. The van der Waals surface area contributed by atoms with E-state index in [0.717, 1.165) is 39.1 Å². The summed E-state index contributed by atoms with van der Waals surface area (Å²) in [4.78, 5) is 10.4. The second-order valence-corrected chi connectivity index (χ2v) is 16.8. The lowest BCUT2D eigenvalue weighted by atomic mass is 9.99. The molecule has 0 fully saturated rings. The number of nitrogens with zero attached hydrogens (tertiary/aromatic N) is 4. The lowest BCUT2D eigenvalue weighted by Crippen LogP contribution is -1.97. The molecule has 0 saturated heterocycles. The number of thiophene rings is 1. The number of benzene rings is 9. The van der Waals surface area contributed by atoms with Gasteiger partial charge in [-0.3, -0.25) is 0 Å². The third-order valence-corrected chi connectivity index (χ3v) is 13.6. The first-order valence-corrected chi connectivity index (χ1v) is 21.5. The molecule has 61 heavy (non-hydrogen) atoms. The van der Waals surface area contributed by atoms with Crippen LogP contribution in [0.3, 0.4) is 0 Å². The molecule has 4 heterocycles. The van der Waals surface area contributed by atoms with E-state index in [-0.39, 0.29) is 0 Å². The molecule has 0 aliphatic carbocycles. The van der Waals surface area contributed by atoms with Crippen LogP contribution in [0, 0.1) is 0 Å². The van der Waals surface area contributed by atoms with Gasteiger partial charge < -0.3 is 9.13 Å². The molecule has 0 amide bonds. The van der Waals surface area contributed by atoms with Gasteiger partial charge >= 0.3 is 0 Å². The molecule has 0 radical (unpaired) electrons. The van der Waals surface area contributed by atoms with E-state index in [4.69, 9.17) is 9.97 Å². The van der Waals surface area contributed by atoms with Crippen LogP contribution in [0.15, 0.2) is 206 Å². The minimum absolute atomic E-state index is 0.704. The van der Waals surface area contributed by atoms with Crippen LogP contribution in [0.1, 0.15) is 0 Å². The van der Waals surface area contributed by atoms with Gasteiger partial charge in [-0.25, -0.2) is 9.97 Å². The van der Waals surface area contributed by atoms with Crippen molar-refractivity contribution in [3.05, 3.63) is 206 Å². The van der Waals surface area contributed by atoms with Crippen molar-refractivity contribution in [1.82, 2.24) is 19.1 Å². The average molecular weight is 795 g/mol. The molecule has 9 aromatic carbocycles. The average Bonchev–Trinajstić information content (AvgIpc) is 3.99. The SMILES string of the molecule is c1ccc(-n2c3ccccc3c3c2ccc2c4ccccc4n(-c4ccc(-c5nc(-c6ccc(-c7cccc8c7sc7ccccc78)cc6)c6ccccc6n5)cc4)c23)cc1. The Labute approximate surface area is 354 Å². The largest absolute Gasteiger partial charge is 0.309 e. The highest BCUT2D eigenvalue weighted by Gasteiger charge is 2.21. The summed E-state index contributed by atoms with van der Waals surface area (Å²) >= 11 is 1.86. The topological polar surface area (TPSA) is 35.6 Å². The van der Waals surface area contributed by atoms with Crippen LogP contribution in [-0.2, 0) is 0 Å². The Hall–Kier alpha value is -7.86. The van der Waals surface area contributed by atoms with E-state index in [1.165, 1.54) is 74.9 Å². The van der Waals surface area contributed by atoms with E-state index in [2.05, 4.69) is 215 Å². The zero-order valence-electron chi connectivity index (χ0n) is 32.8. The Balaban J connectivity index is 0.942. The summed E-state index contributed by atoms with van der Waals surface area (Å²) in [5, 5.41) is 8.59. The van der Waals surface area contributed by atoms with Crippen molar-refractivity contribution in [2.45, 2.75) is 0 Å². The number of para-hydroxylation sites is 4. The summed E-state index contributed by atoms with van der Waals surface area (Å²) in [6.07, 6.45) is 0. The molecule has 0 aliphatic heterocycles. The lowest BCUT2D eigenvalue weighted by Gasteiger charge is -2.12.